The van der Waals surface area contributed by atoms with Gasteiger partial charge in [-0.2, -0.15) is 26.3 Å². The molecule has 0 spiro atoms. The van der Waals surface area contributed by atoms with Gasteiger partial charge in [-0.15, -0.1) is 10.2 Å². The predicted molar refractivity (Wildman–Crippen MR) is 117 cm³/mol. The van der Waals surface area contributed by atoms with Gasteiger partial charge in [0.15, 0.2) is 5.69 Å². The molecule has 1 aliphatic rings. The van der Waals surface area contributed by atoms with Crippen LogP contribution in [0.1, 0.15) is 64.8 Å². The van der Waals surface area contributed by atoms with Crippen LogP contribution in [0.25, 0.3) is 11.6 Å². The molecule has 16 heteroatoms. The number of aromatic nitrogens is 3. The van der Waals surface area contributed by atoms with Crippen molar-refractivity contribution in [3.8, 4) is 17.5 Å². The first kappa shape index (κ1) is 29.4. The number of carbonyl (C=O) groups excluding carboxylic acids is 1. The fourth-order valence-corrected chi connectivity index (χ4v) is 3.54. The van der Waals surface area contributed by atoms with E-state index in [1.165, 1.54) is 27.7 Å². The maximum absolute atomic E-state index is 13.9. The number of rotatable bonds is 1. The number of ether oxygens (including phenoxy) is 2. The highest BCUT2D eigenvalue weighted by Gasteiger charge is 2.58. The molecule has 2 aromatic rings. The van der Waals surface area contributed by atoms with Crippen molar-refractivity contribution in [1.82, 2.24) is 15.2 Å². The Morgan fingerprint density at radius 3 is 2.39 bits per heavy atom. The lowest BCUT2D eigenvalue weighted by atomic mass is 9.94. The van der Waals surface area contributed by atoms with Crippen molar-refractivity contribution >= 4 is 11.8 Å². The van der Waals surface area contributed by atoms with Crippen LogP contribution >= 0.6 is 0 Å². The number of hydrogen-bond acceptors (Lipinski definition) is 9. The topological polar surface area (TPSA) is 140 Å². The first-order chi connectivity index (χ1) is 17.3. The maximum atomic E-state index is 13.9. The second-order valence-corrected chi connectivity index (χ2v) is 9.77. The van der Waals surface area contributed by atoms with Crippen molar-refractivity contribution in [2.24, 2.45) is 0 Å². The highest BCUT2D eigenvalue weighted by Crippen LogP contribution is 2.45. The molecule has 1 amide bonds. The van der Waals surface area contributed by atoms with E-state index in [9.17, 15) is 41.4 Å². The molecular formula is C22H26F6N4O6. The van der Waals surface area contributed by atoms with E-state index >= 15 is 0 Å². The molecule has 0 radical (unpaired) electrons. The van der Waals surface area contributed by atoms with Gasteiger partial charge in [-0.25, -0.2) is 9.78 Å². The van der Waals surface area contributed by atoms with Crippen molar-refractivity contribution < 1.29 is 55.2 Å². The van der Waals surface area contributed by atoms with Gasteiger partial charge in [0.25, 0.3) is 11.8 Å². The van der Waals surface area contributed by atoms with Gasteiger partial charge in [-0.05, 0) is 53.0 Å². The minimum atomic E-state index is -5.26. The van der Waals surface area contributed by atoms with Crippen LogP contribution in [0.2, 0.25) is 0 Å². The zero-order valence-corrected chi connectivity index (χ0v) is 20.7. The van der Waals surface area contributed by atoms with E-state index < -0.39 is 82.9 Å². The van der Waals surface area contributed by atoms with Gasteiger partial charge in [-0.3, -0.25) is 5.32 Å². The van der Waals surface area contributed by atoms with E-state index in [2.05, 4.69) is 20.5 Å². The third kappa shape index (κ3) is 6.46. The van der Waals surface area contributed by atoms with Crippen LogP contribution in [0.3, 0.4) is 0 Å². The minimum absolute atomic E-state index is 0.0438. The molecule has 3 heterocycles. The number of nitrogens with one attached hydrogen (secondary N) is 1. The number of fused-ring (bicyclic) bond motifs is 5. The molecule has 0 saturated heterocycles. The number of carbonyl (C=O) groups is 1. The molecule has 0 saturated carbocycles. The van der Waals surface area contributed by atoms with Crippen LogP contribution in [0.5, 0.6) is 5.88 Å². The number of aliphatic hydroxyl groups excluding tert-OH is 1. The highest BCUT2D eigenvalue weighted by atomic mass is 19.4. The average molecular weight is 556 g/mol. The summed E-state index contributed by atoms with van der Waals surface area (Å²) in [5.41, 5.74) is -7.52. The maximum Gasteiger partial charge on any atom is 0.426 e. The number of hydrogen-bond donors (Lipinski definition) is 3. The van der Waals surface area contributed by atoms with E-state index in [1.54, 1.807) is 0 Å². The Morgan fingerprint density at radius 1 is 1.16 bits per heavy atom. The van der Waals surface area contributed by atoms with E-state index in [0.29, 0.717) is 6.07 Å². The lowest BCUT2D eigenvalue weighted by molar-refractivity contribution is -0.277. The van der Waals surface area contributed by atoms with E-state index in [1.807, 2.05) is 0 Å². The third-order valence-electron chi connectivity index (χ3n) is 5.51. The van der Waals surface area contributed by atoms with Crippen LogP contribution < -0.4 is 10.1 Å². The zero-order chi connectivity index (χ0) is 28.7. The average Bonchev–Trinajstić information content (AvgIpc) is 3.24. The molecule has 3 rings (SSSR count). The summed E-state index contributed by atoms with van der Waals surface area (Å²) in [4.78, 5) is 16.1. The number of halogens is 6. The molecule has 4 bridgehead atoms. The summed E-state index contributed by atoms with van der Waals surface area (Å²) < 4.78 is 98.8. The van der Waals surface area contributed by atoms with Crippen LogP contribution in [-0.4, -0.2) is 55.5 Å². The molecule has 10 nitrogen and oxygen atoms in total. The van der Waals surface area contributed by atoms with Crippen LogP contribution in [0.4, 0.5) is 36.8 Å². The van der Waals surface area contributed by atoms with Gasteiger partial charge in [0.1, 0.15) is 17.3 Å². The molecule has 2 aromatic heterocycles. The largest absolute Gasteiger partial charge is 0.471 e. The second-order valence-electron chi connectivity index (χ2n) is 9.77. The Balaban J connectivity index is 2.25. The standard InChI is InChI=1S/C22H26F6N4O6/c1-10-13(33)7-5-6-8-20(35,22(26,27)28)17-32-31-16(37-17)14-12(29-18(34)38-19(2,3)4)9-11(21(23,24)25)15(30-14)36-10/h9-10,13,33,35H,5-8H2,1-4H3,(H,29,34)/t10-,13?,20-/m1/s1. The molecule has 3 atom stereocenters. The number of nitrogens with zero attached hydrogens (tertiary/aromatic N) is 3. The van der Waals surface area contributed by atoms with Crippen LogP contribution in [0.15, 0.2) is 10.5 Å². The number of amides is 1. The Morgan fingerprint density at radius 2 is 1.82 bits per heavy atom. The molecule has 1 aliphatic heterocycles. The normalized spacial score (nSPS) is 23.3. The first-order valence-electron chi connectivity index (χ1n) is 11.4. The van der Waals surface area contributed by atoms with Crippen LogP contribution in [-0.2, 0) is 16.5 Å². The fraction of sp³-hybridized carbons (Fsp3) is 0.636. The molecule has 0 aliphatic carbocycles. The van der Waals surface area contributed by atoms with E-state index in [0.717, 1.165) is 0 Å². The van der Waals surface area contributed by atoms with Crippen molar-refractivity contribution in [3.63, 3.8) is 0 Å². The summed E-state index contributed by atoms with van der Waals surface area (Å²) in [6.07, 6.45) is -15.6. The summed E-state index contributed by atoms with van der Waals surface area (Å²) in [6.45, 7) is 5.72. The van der Waals surface area contributed by atoms with Gasteiger partial charge < -0.3 is 24.1 Å². The number of aliphatic hydroxyl groups is 2. The van der Waals surface area contributed by atoms with Gasteiger partial charge >= 0.3 is 18.4 Å². The molecule has 3 N–H and O–H groups in total. The van der Waals surface area contributed by atoms with Gasteiger partial charge in [-0.1, -0.05) is 6.42 Å². The summed E-state index contributed by atoms with van der Waals surface area (Å²) in [5.74, 6) is -3.19. The monoisotopic (exact) mass is 556 g/mol. The summed E-state index contributed by atoms with van der Waals surface area (Å²) in [7, 11) is 0. The summed E-state index contributed by atoms with van der Waals surface area (Å²) in [6, 6.07) is 0.409. The molecule has 0 fully saturated rings. The molecule has 212 valence electrons. The van der Waals surface area contributed by atoms with Crippen molar-refractivity contribution in [1.29, 1.82) is 0 Å². The Kier molecular flexibility index (Phi) is 7.90. The molecule has 38 heavy (non-hydrogen) atoms. The lowest BCUT2D eigenvalue weighted by Crippen LogP contribution is -2.42. The molecule has 1 unspecified atom stereocenters. The molecular weight excluding hydrogens is 530 g/mol. The fourth-order valence-electron chi connectivity index (χ4n) is 3.54. The second kappa shape index (κ2) is 10.2. The SMILES string of the molecule is C[C@H]1Oc2nc(c(NC(=O)OC(C)(C)C)cc2C(F)(F)F)-c2nnc(o2)[C@@](O)(C(F)(F)F)CCCCC1O. The van der Waals surface area contributed by atoms with E-state index in [-0.39, 0.29) is 19.3 Å². The summed E-state index contributed by atoms with van der Waals surface area (Å²) in [5, 5.41) is 29.6. The smallest absolute Gasteiger partial charge is 0.426 e. The predicted octanol–water partition coefficient (Wildman–Crippen LogP) is 4.95. The third-order valence-corrected chi connectivity index (χ3v) is 5.51. The first-order valence-corrected chi connectivity index (χ1v) is 11.4. The Bertz CT molecular complexity index is 1160. The number of pyridine rings is 1. The number of anilines is 1. The molecule has 0 aromatic carbocycles. The van der Waals surface area contributed by atoms with Gasteiger partial charge in [0.05, 0.1) is 11.8 Å². The van der Waals surface area contributed by atoms with E-state index in [4.69, 9.17) is 13.9 Å². The van der Waals surface area contributed by atoms with Crippen LogP contribution in [0, 0.1) is 0 Å². The van der Waals surface area contributed by atoms with Gasteiger partial charge in [0.2, 0.25) is 11.5 Å². The van der Waals surface area contributed by atoms with Crippen molar-refractivity contribution in [2.75, 3.05) is 5.32 Å². The minimum Gasteiger partial charge on any atom is -0.471 e. The van der Waals surface area contributed by atoms with Crippen molar-refractivity contribution in [3.05, 3.63) is 17.5 Å². The number of alkyl halides is 6. The zero-order valence-electron chi connectivity index (χ0n) is 20.7. The summed E-state index contributed by atoms with van der Waals surface area (Å²) >= 11 is 0. The lowest BCUT2D eigenvalue weighted by Gasteiger charge is -2.27. The van der Waals surface area contributed by atoms with Crippen molar-refractivity contribution in [2.45, 2.75) is 89.1 Å². The quantitative estimate of drug-likeness (QED) is 0.416. The van der Waals surface area contributed by atoms with Gasteiger partial charge in [0, 0.05) is 0 Å². The Labute approximate surface area is 212 Å². The highest BCUT2D eigenvalue weighted by molar-refractivity contribution is 5.89. The Hall–Kier alpha value is -3.14.